The molecule has 0 bridgehead atoms. The van der Waals surface area contributed by atoms with Gasteiger partial charge in [0.15, 0.2) is 0 Å². The van der Waals surface area contributed by atoms with Crippen LogP contribution in [0.2, 0.25) is 0 Å². The summed E-state index contributed by atoms with van der Waals surface area (Å²) in [6.45, 7) is -0.538. The van der Waals surface area contributed by atoms with Crippen molar-refractivity contribution in [3.05, 3.63) is 46.3 Å². The molecule has 1 atom stereocenters. The van der Waals surface area contributed by atoms with Gasteiger partial charge in [-0.05, 0) is 60.8 Å². The molecule has 1 amide bonds. The number of aryl methyl sites for hydroxylation is 2. The molecule has 0 aliphatic heterocycles. The predicted octanol–water partition coefficient (Wildman–Crippen LogP) is 3.58. The molecule has 1 heterocycles. The Balaban J connectivity index is 1.49. The van der Waals surface area contributed by atoms with Crippen molar-refractivity contribution in [3.8, 4) is 0 Å². The van der Waals surface area contributed by atoms with E-state index in [0.29, 0.717) is 18.1 Å². The fourth-order valence-corrected chi connectivity index (χ4v) is 4.17. The Kier molecular flexibility index (Phi) is 5.17. The predicted molar refractivity (Wildman–Crippen MR) is 99.2 cm³/mol. The summed E-state index contributed by atoms with van der Waals surface area (Å²) in [6.07, 6.45) is -0.456. The number of aromatic nitrogens is 2. The van der Waals surface area contributed by atoms with E-state index in [4.69, 9.17) is 4.74 Å². The molecule has 0 spiro atoms. The average Bonchev–Trinajstić information content (AvgIpc) is 3.40. The number of carboxylic acids is 1. The van der Waals surface area contributed by atoms with E-state index >= 15 is 0 Å². The van der Waals surface area contributed by atoms with Crippen LogP contribution in [0.1, 0.15) is 40.7 Å². The zero-order chi connectivity index (χ0) is 21.5. The Morgan fingerprint density at radius 2 is 1.80 bits per heavy atom. The fraction of sp³-hybridized carbons (Fsp3) is 0.450. The number of aliphatic carboxylic acids is 1. The van der Waals surface area contributed by atoms with Crippen LogP contribution in [0.15, 0.2) is 18.5 Å². The lowest BCUT2D eigenvalue weighted by Gasteiger charge is -2.18. The highest BCUT2D eigenvalue weighted by Gasteiger charge is 2.33. The molecule has 1 aromatic carbocycles. The van der Waals surface area contributed by atoms with Gasteiger partial charge in [-0.3, -0.25) is 10.00 Å². The summed E-state index contributed by atoms with van der Waals surface area (Å²) in [6, 6.07) is 2.19. The summed E-state index contributed by atoms with van der Waals surface area (Å²) in [5, 5.41) is 15.6. The number of hydrogen-bond acceptors (Lipinski definition) is 4. The highest BCUT2D eigenvalue weighted by atomic mass is 19.4. The van der Waals surface area contributed by atoms with Gasteiger partial charge in [-0.25, -0.2) is 9.59 Å². The fourth-order valence-electron chi connectivity index (χ4n) is 4.17. The first-order valence-electron chi connectivity index (χ1n) is 9.69. The van der Waals surface area contributed by atoms with Crippen LogP contribution in [0.5, 0.6) is 0 Å². The van der Waals surface area contributed by atoms with Crippen LogP contribution >= 0.6 is 0 Å². The third kappa shape index (κ3) is 3.99. The Morgan fingerprint density at radius 3 is 2.33 bits per heavy atom. The molecular weight excluding hydrogens is 403 g/mol. The Bertz CT molecular complexity index is 968. The molecule has 1 aromatic heterocycles. The van der Waals surface area contributed by atoms with Crippen LogP contribution in [0.3, 0.4) is 0 Å². The summed E-state index contributed by atoms with van der Waals surface area (Å²) < 4.78 is 43.9. The minimum Gasteiger partial charge on any atom is -0.478 e. The van der Waals surface area contributed by atoms with Crippen LogP contribution < -0.4 is 5.32 Å². The van der Waals surface area contributed by atoms with Crippen molar-refractivity contribution in [3.63, 3.8) is 0 Å². The molecule has 10 heteroatoms. The highest BCUT2D eigenvalue weighted by Crippen LogP contribution is 2.38. The molecule has 160 valence electrons. The number of carbonyl (C=O) groups is 2. The van der Waals surface area contributed by atoms with Crippen LogP contribution in [0.25, 0.3) is 0 Å². The third-order valence-electron chi connectivity index (χ3n) is 5.54. The van der Waals surface area contributed by atoms with Crippen LogP contribution in [0, 0.1) is 0 Å². The molecule has 1 unspecified atom stereocenters. The molecular formula is C20H20F3N3O4. The number of carboxylic acid groups (broad SMARTS) is 1. The molecule has 2 aromatic rings. The van der Waals surface area contributed by atoms with Gasteiger partial charge in [-0.15, -0.1) is 0 Å². The number of carbonyl (C=O) groups excluding carboxylic acids is 1. The molecule has 30 heavy (non-hydrogen) atoms. The van der Waals surface area contributed by atoms with Crippen molar-refractivity contribution in [1.29, 1.82) is 0 Å². The van der Waals surface area contributed by atoms with E-state index in [1.807, 2.05) is 0 Å². The largest absolute Gasteiger partial charge is 0.478 e. The summed E-state index contributed by atoms with van der Waals surface area (Å²) in [5.74, 6) is -1.47. The molecule has 2 aliphatic rings. The van der Waals surface area contributed by atoms with Crippen molar-refractivity contribution >= 4 is 17.7 Å². The maximum Gasteiger partial charge on any atom is 0.419 e. The Hall–Kier alpha value is -3.04. The van der Waals surface area contributed by atoms with Crippen molar-refractivity contribution in [2.45, 2.75) is 57.3 Å². The first-order valence-corrected chi connectivity index (χ1v) is 9.69. The number of nitrogens with one attached hydrogen (secondary N) is 1. The lowest BCUT2D eigenvalue weighted by Crippen LogP contribution is -2.33. The lowest BCUT2D eigenvalue weighted by molar-refractivity contribution is -0.147. The van der Waals surface area contributed by atoms with Gasteiger partial charge in [0.05, 0.1) is 24.0 Å². The molecule has 7 nitrogen and oxygen atoms in total. The second-order valence-electron chi connectivity index (χ2n) is 7.54. The summed E-state index contributed by atoms with van der Waals surface area (Å²) in [7, 11) is 0. The summed E-state index contributed by atoms with van der Waals surface area (Å²) in [4.78, 5) is 24.0. The van der Waals surface area contributed by atoms with E-state index in [1.54, 1.807) is 0 Å². The lowest BCUT2D eigenvalue weighted by atomic mass is 9.99. The van der Waals surface area contributed by atoms with E-state index in [9.17, 15) is 27.9 Å². The second kappa shape index (κ2) is 7.66. The minimum atomic E-state index is -4.59. The van der Waals surface area contributed by atoms with E-state index < -0.39 is 36.5 Å². The SMILES string of the molecule is O=C(Nc1c2c(cc3c1CCC3)CCC2)OC(Cn1cc(C(F)(F)F)cn1)C(=O)O. The van der Waals surface area contributed by atoms with Gasteiger partial charge < -0.3 is 9.84 Å². The van der Waals surface area contributed by atoms with E-state index in [-0.39, 0.29) is 0 Å². The summed E-state index contributed by atoms with van der Waals surface area (Å²) >= 11 is 0. The van der Waals surface area contributed by atoms with Gasteiger partial charge in [0.2, 0.25) is 6.10 Å². The number of benzene rings is 1. The van der Waals surface area contributed by atoms with E-state index in [1.165, 1.54) is 11.1 Å². The molecule has 4 rings (SSSR count). The van der Waals surface area contributed by atoms with E-state index in [0.717, 1.165) is 54.3 Å². The quantitative estimate of drug-likeness (QED) is 0.767. The van der Waals surface area contributed by atoms with Gasteiger partial charge in [0, 0.05) is 6.20 Å². The van der Waals surface area contributed by atoms with E-state index in [2.05, 4.69) is 16.5 Å². The number of alkyl halides is 3. The smallest absolute Gasteiger partial charge is 0.419 e. The molecule has 2 N–H and O–H groups in total. The maximum absolute atomic E-state index is 12.7. The molecule has 2 aliphatic carbocycles. The first kappa shape index (κ1) is 20.2. The van der Waals surface area contributed by atoms with Crippen LogP contribution in [-0.4, -0.2) is 33.1 Å². The Morgan fingerprint density at radius 1 is 1.17 bits per heavy atom. The molecule has 0 saturated carbocycles. The zero-order valence-electron chi connectivity index (χ0n) is 16.0. The number of fused-ring (bicyclic) bond motifs is 2. The second-order valence-corrected chi connectivity index (χ2v) is 7.54. The zero-order valence-corrected chi connectivity index (χ0v) is 16.0. The van der Waals surface area contributed by atoms with Crippen molar-refractivity contribution in [2.24, 2.45) is 0 Å². The third-order valence-corrected chi connectivity index (χ3v) is 5.54. The van der Waals surface area contributed by atoms with Gasteiger partial charge in [0.25, 0.3) is 0 Å². The molecule has 0 fully saturated rings. The monoisotopic (exact) mass is 423 g/mol. The maximum atomic E-state index is 12.7. The van der Waals surface area contributed by atoms with Crippen LogP contribution in [-0.2, 0) is 47.9 Å². The van der Waals surface area contributed by atoms with Gasteiger partial charge in [-0.1, -0.05) is 6.07 Å². The first-order chi connectivity index (χ1) is 14.2. The number of amides is 1. The summed E-state index contributed by atoms with van der Waals surface area (Å²) in [5.41, 5.74) is 4.19. The number of nitrogens with zero attached hydrogens (tertiary/aromatic N) is 2. The average molecular weight is 423 g/mol. The minimum absolute atomic E-state index is 0.538. The van der Waals surface area contributed by atoms with Crippen molar-refractivity contribution in [2.75, 3.05) is 5.32 Å². The Labute approximate surface area is 169 Å². The van der Waals surface area contributed by atoms with Gasteiger partial charge in [-0.2, -0.15) is 18.3 Å². The normalized spacial score (nSPS) is 16.1. The van der Waals surface area contributed by atoms with Gasteiger partial charge in [0.1, 0.15) is 0 Å². The topological polar surface area (TPSA) is 93.5 Å². The number of hydrogen-bond donors (Lipinski definition) is 2. The molecule has 0 radical (unpaired) electrons. The number of ether oxygens (including phenoxy) is 1. The van der Waals surface area contributed by atoms with Crippen LogP contribution in [0.4, 0.5) is 23.7 Å². The number of halogens is 3. The highest BCUT2D eigenvalue weighted by molar-refractivity contribution is 5.90. The molecule has 0 saturated heterocycles. The van der Waals surface area contributed by atoms with Gasteiger partial charge >= 0.3 is 18.2 Å². The van der Waals surface area contributed by atoms with Crippen molar-refractivity contribution in [1.82, 2.24) is 9.78 Å². The van der Waals surface area contributed by atoms with Crippen molar-refractivity contribution < 1.29 is 32.6 Å². The number of anilines is 1. The standard InChI is InChI=1S/C20H20F3N3O4/c21-20(22,23)13-8-24-26(9-13)10-16(18(27)28)30-19(29)25-17-14-5-1-3-11(14)7-12-4-2-6-15(12)17/h7-9,16H,1-6,10H2,(H,25,29)(H,27,28). The number of rotatable bonds is 5.